The van der Waals surface area contributed by atoms with Crippen LogP contribution in [-0.4, -0.2) is 71.6 Å². The molecule has 4 aromatic rings. The summed E-state index contributed by atoms with van der Waals surface area (Å²) in [6.07, 6.45) is 6.10. The minimum Gasteiger partial charge on any atom is -0.492 e. The lowest BCUT2D eigenvalue weighted by molar-refractivity contribution is -0.111. The lowest BCUT2D eigenvalue weighted by Gasteiger charge is -2.31. The summed E-state index contributed by atoms with van der Waals surface area (Å²) >= 11 is 0. The molecule has 41 heavy (non-hydrogen) atoms. The van der Waals surface area contributed by atoms with Crippen LogP contribution < -0.4 is 15.4 Å². The maximum absolute atomic E-state index is 13.0. The molecule has 5 rings (SSSR count). The number of aryl methyl sites for hydroxylation is 2. The summed E-state index contributed by atoms with van der Waals surface area (Å²) in [5, 5.41) is 18.5. The van der Waals surface area contributed by atoms with Crippen molar-refractivity contribution >= 4 is 44.8 Å². The summed E-state index contributed by atoms with van der Waals surface area (Å²) in [6, 6.07) is 14.2. The molecule has 2 aromatic heterocycles. The predicted molar refractivity (Wildman–Crippen MR) is 165 cm³/mol. The van der Waals surface area contributed by atoms with Crippen molar-refractivity contribution in [2.24, 2.45) is 7.05 Å². The first kappa shape index (κ1) is 28.1. The zero-order valence-corrected chi connectivity index (χ0v) is 24.2. The third kappa shape index (κ3) is 6.19. The highest BCUT2D eigenvalue weighted by Crippen LogP contribution is 2.38. The van der Waals surface area contributed by atoms with Crippen molar-refractivity contribution in [1.82, 2.24) is 19.4 Å². The molecule has 1 fully saturated rings. The van der Waals surface area contributed by atoms with Crippen LogP contribution in [0.15, 0.2) is 54.7 Å². The maximum atomic E-state index is 13.0. The van der Waals surface area contributed by atoms with E-state index >= 15 is 0 Å². The molecule has 1 amide bonds. The minimum atomic E-state index is -0.234. The van der Waals surface area contributed by atoms with E-state index in [1.807, 2.05) is 51.4 Å². The van der Waals surface area contributed by atoms with Gasteiger partial charge in [0, 0.05) is 80.1 Å². The van der Waals surface area contributed by atoms with Gasteiger partial charge in [0.25, 0.3) is 0 Å². The zero-order valence-electron chi connectivity index (χ0n) is 24.2. The van der Waals surface area contributed by atoms with Crippen molar-refractivity contribution in [3.63, 3.8) is 0 Å². The molecule has 0 saturated carbocycles. The fraction of sp³-hybridized carbons (Fsp3) is 0.344. The number of pyridine rings is 1. The lowest BCUT2D eigenvalue weighted by Crippen LogP contribution is -2.44. The number of carbonyl (C=O) groups is 1. The topological polar surface area (TPSA) is 98.4 Å². The number of nitrogens with one attached hydrogen (secondary N) is 2. The molecule has 1 aliphatic rings. The van der Waals surface area contributed by atoms with Gasteiger partial charge >= 0.3 is 0 Å². The quantitative estimate of drug-likeness (QED) is 0.281. The lowest BCUT2D eigenvalue weighted by atomic mass is 10.0. The summed E-state index contributed by atoms with van der Waals surface area (Å²) in [5.41, 5.74) is 5.06. The first-order chi connectivity index (χ1) is 19.9. The highest BCUT2D eigenvalue weighted by atomic mass is 16.5. The SMILES string of the molecule is CCOc1cc2nc(CC)c(C#N)c(Nc3ccc4c(ccn4C)c3)c2cc1NC(=O)/C=C/CN1CCN(C)CC1. The number of ether oxygens (including phenoxy) is 1. The van der Waals surface area contributed by atoms with Crippen molar-refractivity contribution < 1.29 is 9.53 Å². The number of anilines is 3. The number of benzene rings is 2. The molecule has 0 spiro atoms. The van der Waals surface area contributed by atoms with Gasteiger partial charge in [-0.25, -0.2) is 0 Å². The van der Waals surface area contributed by atoms with Gasteiger partial charge in [-0.3, -0.25) is 14.7 Å². The summed E-state index contributed by atoms with van der Waals surface area (Å²) in [5.74, 6) is 0.304. The second-order valence-corrected chi connectivity index (χ2v) is 10.4. The summed E-state index contributed by atoms with van der Waals surface area (Å²) in [4.78, 5) is 22.4. The summed E-state index contributed by atoms with van der Waals surface area (Å²) in [6.45, 7) is 9.10. The summed E-state index contributed by atoms with van der Waals surface area (Å²) < 4.78 is 7.99. The molecule has 1 aliphatic heterocycles. The van der Waals surface area contributed by atoms with Crippen LogP contribution in [0.2, 0.25) is 0 Å². The standard InChI is InChI=1S/C32H37N7O2/c1-5-26-25(21-33)32(34-23-9-10-29-22(18-23)11-13-38(29)4)24-19-28(30(41-6-2)20-27(24)35-26)36-31(40)8-7-12-39-16-14-37(3)15-17-39/h7-11,13,18-20H,5-6,12,14-17H2,1-4H3,(H,34,35)(H,36,40)/b8-7+. The van der Waals surface area contributed by atoms with Crippen LogP contribution in [0.1, 0.15) is 25.1 Å². The molecule has 0 unspecified atom stereocenters. The molecule has 212 valence electrons. The first-order valence-corrected chi connectivity index (χ1v) is 14.1. The largest absolute Gasteiger partial charge is 0.492 e. The Kier molecular flexibility index (Phi) is 8.53. The number of likely N-dealkylation sites (N-methyl/N-ethyl adjacent to an activating group) is 1. The van der Waals surface area contributed by atoms with E-state index in [2.05, 4.69) is 56.3 Å². The van der Waals surface area contributed by atoms with Crippen LogP contribution >= 0.6 is 0 Å². The first-order valence-electron chi connectivity index (χ1n) is 14.1. The molecule has 2 N–H and O–H groups in total. The molecular weight excluding hydrogens is 514 g/mol. The smallest absolute Gasteiger partial charge is 0.248 e. The molecule has 3 heterocycles. The van der Waals surface area contributed by atoms with E-state index in [4.69, 9.17) is 9.72 Å². The van der Waals surface area contributed by atoms with E-state index in [9.17, 15) is 10.1 Å². The fourth-order valence-corrected chi connectivity index (χ4v) is 5.24. The van der Waals surface area contributed by atoms with Crippen LogP contribution in [0.3, 0.4) is 0 Å². The zero-order chi connectivity index (χ0) is 28.9. The Morgan fingerprint density at radius 2 is 1.93 bits per heavy atom. The minimum absolute atomic E-state index is 0.234. The van der Waals surface area contributed by atoms with Crippen molar-refractivity contribution in [2.45, 2.75) is 20.3 Å². The Morgan fingerprint density at radius 3 is 2.66 bits per heavy atom. The van der Waals surface area contributed by atoms with E-state index in [0.717, 1.165) is 54.7 Å². The fourth-order valence-electron chi connectivity index (χ4n) is 5.24. The molecule has 9 nitrogen and oxygen atoms in total. The molecule has 0 atom stereocenters. The average Bonchev–Trinajstić information content (AvgIpc) is 3.34. The van der Waals surface area contributed by atoms with E-state index in [1.54, 1.807) is 6.08 Å². The second kappa shape index (κ2) is 12.4. The Morgan fingerprint density at radius 1 is 1.12 bits per heavy atom. The van der Waals surface area contributed by atoms with Crippen LogP contribution in [0, 0.1) is 11.3 Å². The van der Waals surface area contributed by atoms with Crippen LogP contribution in [-0.2, 0) is 18.3 Å². The van der Waals surface area contributed by atoms with E-state index in [0.29, 0.717) is 46.9 Å². The number of hydrogen-bond acceptors (Lipinski definition) is 7. The maximum Gasteiger partial charge on any atom is 0.248 e. The molecule has 1 saturated heterocycles. The predicted octanol–water partition coefficient (Wildman–Crippen LogP) is 5.04. The number of carbonyl (C=O) groups excluding carboxylic acids is 1. The van der Waals surface area contributed by atoms with Gasteiger partial charge in [0.1, 0.15) is 11.8 Å². The number of piperazine rings is 1. The highest BCUT2D eigenvalue weighted by Gasteiger charge is 2.19. The van der Waals surface area contributed by atoms with Gasteiger partial charge in [-0.2, -0.15) is 5.26 Å². The highest BCUT2D eigenvalue weighted by molar-refractivity contribution is 6.05. The number of rotatable bonds is 9. The molecule has 0 bridgehead atoms. The van der Waals surface area contributed by atoms with Crippen molar-refractivity contribution in [3.8, 4) is 11.8 Å². The van der Waals surface area contributed by atoms with Crippen molar-refractivity contribution in [2.75, 3.05) is 57.0 Å². The second-order valence-electron chi connectivity index (χ2n) is 10.4. The van der Waals surface area contributed by atoms with E-state index < -0.39 is 0 Å². The van der Waals surface area contributed by atoms with Crippen LogP contribution in [0.25, 0.3) is 21.8 Å². The van der Waals surface area contributed by atoms with Gasteiger partial charge in [0.2, 0.25) is 5.91 Å². The van der Waals surface area contributed by atoms with Crippen LogP contribution in [0.4, 0.5) is 17.1 Å². The number of fused-ring (bicyclic) bond motifs is 2. The molecule has 9 heteroatoms. The van der Waals surface area contributed by atoms with E-state index in [-0.39, 0.29) is 5.91 Å². The Balaban J connectivity index is 1.49. The number of nitriles is 1. The molecule has 2 aromatic carbocycles. The third-order valence-electron chi connectivity index (χ3n) is 7.55. The van der Waals surface area contributed by atoms with Gasteiger partial charge in [-0.1, -0.05) is 13.0 Å². The number of aromatic nitrogens is 2. The van der Waals surface area contributed by atoms with Gasteiger partial charge in [-0.15, -0.1) is 0 Å². The van der Waals surface area contributed by atoms with Crippen molar-refractivity contribution in [3.05, 3.63) is 66.0 Å². The average molecular weight is 552 g/mol. The van der Waals surface area contributed by atoms with Crippen molar-refractivity contribution in [1.29, 1.82) is 5.26 Å². The number of hydrogen-bond donors (Lipinski definition) is 2. The van der Waals surface area contributed by atoms with E-state index in [1.165, 1.54) is 0 Å². The molecule has 0 radical (unpaired) electrons. The monoisotopic (exact) mass is 551 g/mol. The third-order valence-corrected chi connectivity index (χ3v) is 7.55. The van der Waals surface area contributed by atoms with Gasteiger partial charge < -0.3 is 24.8 Å². The van der Waals surface area contributed by atoms with Gasteiger partial charge in [0.05, 0.1) is 34.8 Å². The van der Waals surface area contributed by atoms with Gasteiger partial charge in [-0.05, 0) is 50.7 Å². The Labute approximate surface area is 241 Å². The normalized spacial score (nSPS) is 14.5. The molecular formula is C32H37N7O2. The summed E-state index contributed by atoms with van der Waals surface area (Å²) in [7, 11) is 4.14. The number of nitrogens with zero attached hydrogens (tertiary/aromatic N) is 5. The number of amides is 1. The van der Waals surface area contributed by atoms with Crippen LogP contribution in [0.5, 0.6) is 5.75 Å². The van der Waals surface area contributed by atoms with Gasteiger partial charge in [0.15, 0.2) is 0 Å². The molecule has 0 aliphatic carbocycles. The Hall–Kier alpha value is -4.39. The Bertz CT molecular complexity index is 1640.